The molecule has 0 bridgehead atoms. The quantitative estimate of drug-likeness (QED) is 0.792. The van der Waals surface area contributed by atoms with Crippen molar-refractivity contribution in [2.45, 2.75) is 58.4 Å². The Hall–Kier alpha value is -1.06. The van der Waals surface area contributed by atoms with E-state index in [-0.39, 0.29) is 11.8 Å². The van der Waals surface area contributed by atoms with Gasteiger partial charge < -0.3 is 10.4 Å². The van der Waals surface area contributed by atoms with Crippen molar-refractivity contribution in [3.05, 3.63) is 0 Å². The van der Waals surface area contributed by atoms with Crippen LogP contribution < -0.4 is 5.32 Å². The zero-order valence-electron chi connectivity index (χ0n) is 11.0. The molecule has 1 fully saturated rings. The molecule has 0 spiro atoms. The van der Waals surface area contributed by atoms with Crippen LogP contribution in [0.15, 0.2) is 0 Å². The SMILES string of the molecule is CC(C)CC(=O)NC1(C(=O)O)CCC(C)CC1. The molecule has 0 aromatic carbocycles. The Morgan fingerprint density at radius 2 is 1.88 bits per heavy atom. The molecule has 4 nitrogen and oxygen atoms in total. The van der Waals surface area contributed by atoms with Crippen LogP contribution in [0.1, 0.15) is 52.9 Å². The molecule has 2 N–H and O–H groups in total. The van der Waals surface area contributed by atoms with Crippen LogP contribution in [-0.4, -0.2) is 22.5 Å². The van der Waals surface area contributed by atoms with Crippen LogP contribution in [0.4, 0.5) is 0 Å². The number of carbonyl (C=O) groups excluding carboxylic acids is 1. The zero-order valence-corrected chi connectivity index (χ0v) is 11.0. The summed E-state index contributed by atoms with van der Waals surface area (Å²) in [6, 6.07) is 0. The average molecular weight is 241 g/mol. The lowest BCUT2D eigenvalue weighted by molar-refractivity contribution is -0.149. The third-order valence-corrected chi connectivity index (χ3v) is 3.51. The van der Waals surface area contributed by atoms with Gasteiger partial charge in [-0.25, -0.2) is 4.79 Å². The third kappa shape index (κ3) is 3.72. The number of amides is 1. The second kappa shape index (κ2) is 5.52. The molecule has 0 heterocycles. The van der Waals surface area contributed by atoms with E-state index in [1.165, 1.54) is 0 Å². The van der Waals surface area contributed by atoms with E-state index in [9.17, 15) is 14.7 Å². The van der Waals surface area contributed by atoms with Crippen LogP contribution in [0.3, 0.4) is 0 Å². The van der Waals surface area contributed by atoms with Gasteiger partial charge >= 0.3 is 5.97 Å². The summed E-state index contributed by atoms with van der Waals surface area (Å²) in [5, 5.41) is 12.1. The monoisotopic (exact) mass is 241 g/mol. The van der Waals surface area contributed by atoms with Crippen molar-refractivity contribution in [1.29, 1.82) is 0 Å². The number of hydrogen-bond donors (Lipinski definition) is 2. The smallest absolute Gasteiger partial charge is 0.329 e. The van der Waals surface area contributed by atoms with Crippen molar-refractivity contribution in [1.82, 2.24) is 5.32 Å². The molecule has 4 heteroatoms. The number of rotatable bonds is 4. The standard InChI is InChI=1S/C13H23NO3/c1-9(2)8-11(15)14-13(12(16)17)6-4-10(3)5-7-13/h9-10H,4-8H2,1-3H3,(H,14,15)(H,16,17). The van der Waals surface area contributed by atoms with Crippen molar-refractivity contribution in [3.63, 3.8) is 0 Å². The van der Waals surface area contributed by atoms with Crippen LogP contribution in [0.5, 0.6) is 0 Å². The van der Waals surface area contributed by atoms with Gasteiger partial charge in [-0.2, -0.15) is 0 Å². The number of carboxylic acid groups (broad SMARTS) is 1. The number of carbonyl (C=O) groups is 2. The van der Waals surface area contributed by atoms with Gasteiger partial charge in [-0.1, -0.05) is 20.8 Å². The maximum Gasteiger partial charge on any atom is 0.329 e. The lowest BCUT2D eigenvalue weighted by atomic mass is 9.77. The van der Waals surface area contributed by atoms with E-state index in [4.69, 9.17) is 0 Å². The maximum atomic E-state index is 11.7. The molecular formula is C13H23NO3. The molecule has 0 unspecified atom stereocenters. The van der Waals surface area contributed by atoms with E-state index in [1.54, 1.807) is 0 Å². The van der Waals surface area contributed by atoms with Gasteiger partial charge in [-0.05, 0) is 37.5 Å². The summed E-state index contributed by atoms with van der Waals surface area (Å²) in [5.41, 5.74) is -1.02. The van der Waals surface area contributed by atoms with Crippen molar-refractivity contribution < 1.29 is 14.7 Å². The highest BCUT2D eigenvalue weighted by atomic mass is 16.4. The predicted octanol–water partition coefficient (Wildman–Crippen LogP) is 2.18. The van der Waals surface area contributed by atoms with E-state index in [2.05, 4.69) is 12.2 Å². The first kappa shape index (κ1) is 14.0. The van der Waals surface area contributed by atoms with Crippen molar-refractivity contribution in [3.8, 4) is 0 Å². The molecule has 0 atom stereocenters. The average Bonchev–Trinajstić information content (AvgIpc) is 2.20. The summed E-state index contributed by atoms with van der Waals surface area (Å²) in [7, 11) is 0. The summed E-state index contributed by atoms with van der Waals surface area (Å²) in [6.07, 6.45) is 3.23. The Morgan fingerprint density at radius 1 is 1.35 bits per heavy atom. The fourth-order valence-electron chi connectivity index (χ4n) is 2.34. The lowest BCUT2D eigenvalue weighted by Gasteiger charge is -2.36. The second-order valence-electron chi connectivity index (χ2n) is 5.72. The van der Waals surface area contributed by atoms with Crippen molar-refractivity contribution >= 4 is 11.9 Å². The van der Waals surface area contributed by atoms with E-state index in [0.29, 0.717) is 25.2 Å². The first-order valence-corrected chi connectivity index (χ1v) is 6.40. The number of aliphatic carboxylic acids is 1. The summed E-state index contributed by atoms with van der Waals surface area (Å²) < 4.78 is 0. The van der Waals surface area contributed by atoms with Crippen LogP contribution in [0, 0.1) is 11.8 Å². The van der Waals surface area contributed by atoms with E-state index in [1.807, 2.05) is 13.8 Å². The zero-order chi connectivity index (χ0) is 13.1. The first-order chi connectivity index (χ1) is 7.85. The summed E-state index contributed by atoms with van der Waals surface area (Å²) in [5.74, 6) is -0.216. The maximum absolute atomic E-state index is 11.7. The largest absolute Gasteiger partial charge is 0.480 e. The Bertz CT molecular complexity index is 291. The second-order valence-corrected chi connectivity index (χ2v) is 5.72. The summed E-state index contributed by atoms with van der Waals surface area (Å²) >= 11 is 0. The van der Waals surface area contributed by atoms with E-state index >= 15 is 0 Å². The van der Waals surface area contributed by atoms with Crippen LogP contribution in [0.25, 0.3) is 0 Å². The molecular weight excluding hydrogens is 218 g/mol. The number of hydrogen-bond acceptors (Lipinski definition) is 2. The minimum absolute atomic E-state index is 0.142. The predicted molar refractivity (Wildman–Crippen MR) is 65.6 cm³/mol. The molecule has 0 radical (unpaired) electrons. The topological polar surface area (TPSA) is 66.4 Å². The fraction of sp³-hybridized carbons (Fsp3) is 0.846. The highest BCUT2D eigenvalue weighted by Gasteiger charge is 2.42. The molecule has 1 aliphatic carbocycles. The Kier molecular flexibility index (Phi) is 4.54. The van der Waals surface area contributed by atoms with Crippen LogP contribution >= 0.6 is 0 Å². The molecule has 0 saturated heterocycles. The number of nitrogens with one attached hydrogen (secondary N) is 1. The Morgan fingerprint density at radius 3 is 2.29 bits per heavy atom. The number of carboxylic acids is 1. The third-order valence-electron chi connectivity index (χ3n) is 3.51. The summed E-state index contributed by atoms with van der Waals surface area (Å²) in [6.45, 7) is 6.04. The normalized spacial score (nSPS) is 29.1. The molecule has 98 valence electrons. The van der Waals surface area contributed by atoms with Gasteiger partial charge in [0, 0.05) is 6.42 Å². The van der Waals surface area contributed by atoms with Gasteiger partial charge in [0.1, 0.15) is 5.54 Å². The van der Waals surface area contributed by atoms with Gasteiger partial charge in [0.25, 0.3) is 0 Å². The minimum atomic E-state index is -1.02. The highest BCUT2D eigenvalue weighted by molar-refractivity contribution is 5.87. The van der Waals surface area contributed by atoms with Crippen LogP contribution in [0.2, 0.25) is 0 Å². The fourth-order valence-corrected chi connectivity index (χ4v) is 2.34. The van der Waals surface area contributed by atoms with Crippen molar-refractivity contribution in [2.75, 3.05) is 0 Å². The molecule has 0 aromatic rings. The van der Waals surface area contributed by atoms with Gasteiger partial charge in [0.2, 0.25) is 5.91 Å². The van der Waals surface area contributed by atoms with Crippen molar-refractivity contribution in [2.24, 2.45) is 11.8 Å². The molecule has 0 aromatic heterocycles. The van der Waals surface area contributed by atoms with Gasteiger partial charge in [-0.3, -0.25) is 4.79 Å². The first-order valence-electron chi connectivity index (χ1n) is 6.40. The highest BCUT2D eigenvalue weighted by Crippen LogP contribution is 2.32. The molecule has 1 aliphatic rings. The van der Waals surface area contributed by atoms with Gasteiger partial charge in [-0.15, -0.1) is 0 Å². The van der Waals surface area contributed by atoms with Gasteiger partial charge in [0.05, 0.1) is 0 Å². The lowest BCUT2D eigenvalue weighted by Crippen LogP contribution is -2.56. The minimum Gasteiger partial charge on any atom is -0.480 e. The molecule has 1 saturated carbocycles. The van der Waals surface area contributed by atoms with Crippen LogP contribution in [-0.2, 0) is 9.59 Å². The van der Waals surface area contributed by atoms with Gasteiger partial charge in [0.15, 0.2) is 0 Å². The molecule has 1 rings (SSSR count). The molecule has 17 heavy (non-hydrogen) atoms. The Balaban J connectivity index is 2.66. The van der Waals surface area contributed by atoms with E-state index < -0.39 is 11.5 Å². The molecule has 0 aliphatic heterocycles. The summed E-state index contributed by atoms with van der Waals surface area (Å²) in [4.78, 5) is 23.1. The van der Waals surface area contributed by atoms with E-state index in [0.717, 1.165) is 12.8 Å². The Labute approximate surface area is 103 Å². The molecule has 1 amide bonds.